The number of nitrogens with two attached hydrogens (primary N) is 1. The number of nitrogens with one attached hydrogen (secondary N) is 1. The van der Waals surface area contributed by atoms with Gasteiger partial charge in [-0.3, -0.25) is 9.89 Å². The van der Waals surface area contributed by atoms with E-state index in [2.05, 4.69) is 15.2 Å². The second kappa shape index (κ2) is 6.24. The van der Waals surface area contributed by atoms with Crippen LogP contribution < -0.4 is 11.1 Å². The average molecular weight is 274 g/mol. The van der Waals surface area contributed by atoms with E-state index in [0.717, 1.165) is 18.8 Å². The van der Waals surface area contributed by atoms with Crippen LogP contribution >= 0.6 is 0 Å². The number of para-hydroxylation sites is 1. The van der Waals surface area contributed by atoms with Crippen molar-refractivity contribution in [1.29, 1.82) is 0 Å². The van der Waals surface area contributed by atoms with Gasteiger partial charge in [0.25, 0.3) is 0 Å². The number of aliphatic imine (C=N–C) groups is 1. The Bertz CT molecular complexity index is 462. The highest BCUT2D eigenvalue weighted by Crippen LogP contribution is 2.22. The fourth-order valence-electron chi connectivity index (χ4n) is 2.91. The molecule has 0 bridgehead atoms. The molecule has 0 saturated carbocycles. The summed E-state index contributed by atoms with van der Waals surface area (Å²) < 4.78 is 5.86. The molecule has 3 N–H and O–H groups in total. The van der Waals surface area contributed by atoms with Crippen molar-refractivity contribution in [3.05, 3.63) is 30.3 Å². The van der Waals surface area contributed by atoms with Crippen LogP contribution in [0.2, 0.25) is 0 Å². The molecule has 2 saturated heterocycles. The summed E-state index contributed by atoms with van der Waals surface area (Å²) in [4.78, 5) is 6.91. The smallest absolute Gasteiger partial charge is 0.193 e. The lowest BCUT2D eigenvalue weighted by Crippen LogP contribution is -2.47. The third-order valence-corrected chi connectivity index (χ3v) is 3.97. The normalized spacial score (nSPS) is 27.3. The number of ether oxygens (including phenoxy) is 1. The van der Waals surface area contributed by atoms with Crippen molar-refractivity contribution >= 4 is 11.6 Å². The third kappa shape index (κ3) is 3.29. The van der Waals surface area contributed by atoms with Gasteiger partial charge in [-0.1, -0.05) is 18.2 Å². The number of fused-ring (bicyclic) bond motifs is 1. The SMILES string of the molecule is NC(=NCC1CN2CCCC2CO1)Nc1ccccc1. The lowest BCUT2D eigenvalue weighted by molar-refractivity contribution is -0.0431. The molecule has 1 aromatic carbocycles. The van der Waals surface area contributed by atoms with Crippen LogP contribution in [0.15, 0.2) is 35.3 Å². The number of benzene rings is 1. The molecular formula is C15H22N4O. The van der Waals surface area contributed by atoms with Gasteiger partial charge in [0.15, 0.2) is 5.96 Å². The van der Waals surface area contributed by atoms with Gasteiger partial charge in [-0.15, -0.1) is 0 Å². The molecule has 2 aliphatic rings. The van der Waals surface area contributed by atoms with Crippen LogP contribution in [0.5, 0.6) is 0 Å². The van der Waals surface area contributed by atoms with Crippen LogP contribution in [0.3, 0.4) is 0 Å². The van der Waals surface area contributed by atoms with Gasteiger partial charge in [-0.25, -0.2) is 0 Å². The van der Waals surface area contributed by atoms with Crippen LogP contribution in [0.25, 0.3) is 0 Å². The number of nitrogens with zero attached hydrogens (tertiary/aromatic N) is 2. The van der Waals surface area contributed by atoms with Crippen molar-refractivity contribution < 1.29 is 4.74 Å². The number of morpholine rings is 1. The zero-order valence-electron chi connectivity index (χ0n) is 11.7. The lowest BCUT2D eigenvalue weighted by Gasteiger charge is -2.34. The fraction of sp³-hybridized carbons (Fsp3) is 0.533. The summed E-state index contributed by atoms with van der Waals surface area (Å²) in [6.07, 6.45) is 2.73. The van der Waals surface area contributed by atoms with Crippen LogP contribution in [0, 0.1) is 0 Å². The Balaban J connectivity index is 1.49. The molecular weight excluding hydrogens is 252 g/mol. The first kappa shape index (κ1) is 13.4. The van der Waals surface area contributed by atoms with Crippen molar-refractivity contribution in [2.24, 2.45) is 10.7 Å². The second-order valence-electron chi connectivity index (χ2n) is 5.46. The Morgan fingerprint density at radius 1 is 1.40 bits per heavy atom. The van der Waals surface area contributed by atoms with Gasteiger partial charge in [0, 0.05) is 18.3 Å². The van der Waals surface area contributed by atoms with Gasteiger partial charge >= 0.3 is 0 Å². The predicted octanol–water partition coefficient (Wildman–Crippen LogP) is 1.28. The van der Waals surface area contributed by atoms with E-state index in [1.807, 2.05) is 30.3 Å². The highest BCUT2D eigenvalue weighted by atomic mass is 16.5. The summed E-state index contributed by atoms with van der Waals surface area (Å²) in [5.41, 5.74) is 6.86. The largest absolute Gasteiger partial charge is 0.373 e. The van der Waals surface area contributed by atoms with Crippen molar-refractivity contribution in [3.8, 4) is 0 Å². The molecule has 20 heavy (non-hydrogen) atoms. The highest BCUT2D eigenvalue weighted by molar-refractivity contribution is 5.92. The lowest BCUT2D eigenvalue weighted by atomic mass is 10.2. The molecule has 0 aromatic heterocycles. The molecule has 2 unspecified atom stereocenters. The maximum atomic E-state index is 5.90. The molecule has 1 aromatic rings. The highest BCUT2D eigenvalue weighted by Gasteiger charge is 2.31. The van der Waals surface area contributed by atoms with Crippen molar-refractivity contribution in [2.45, 2.75) is 25.0 Å². The fourth-order valence-corrected chi connectivity index (χ4v) is 2.91. The summed E-state index contributed by atoms with van der Waals surface area (Å²) in [7, 11) is 0. The minimum atomic E-state index is 0.167. The number of guanidine groups is 1. The molecule has 2 fully saturated rings. The molecule has 0 radical (unpaired) electrons. The molecule has 0 spiro atoms. The maximum Gasteiger partial charge on any atom is 0.193 e. The van der Waals surface area contributed by atoms with Gasteiger partial charge in [0.2, 0.25) is 0 Å². The van der Waals surface area contributed by atoms with E-state index in [1.165, 1.54) is 19.4 Å². The summed E-state index contributed by atoms with van der Waals surface area (Å²) in [6, 6.07) is 10.5. The summed E-state index contributed by atoms with van der Waals surface area (Å²) in [6.45, 7) is 3.64. The van der Waals surface area contributed by atoms with Crippen LogP contribution in [0.1, 0.15) is 12.8 Å². The van der Waals surface area contributed by atoms with E-state index in [4.69, 9.17) is 10.5 Å². The Hall–Kier alpha value is -1.59. The third-order valence-electron chi connectivity index (χ3n) is 3.97. The van der Waals surface area contributed by atoms with Crippen LogP contribution in [0.4, 0.5) is 5.69 Å². The molecule has 2 atom stereocenters. The first-order chi connectivity index (χ1) is 9.81. The molecule has 2 aliphatic heterocycles. The first-order valence-electron chi connectivity index (χ1n) is 7.29. The monoisotopic (exact) mass is 274 g/mol. The first-order valence-corrected chi connectivity index (χ1v) is 7.29. The van der Waals surface area contributed by atoms with E-state index in [-0.39, 0.29) is 6.10 Å². The molecule has 0 aliphatic carbocycles. The van der Waals surface area contributed by atoms with E-state index >= 15 is 0 Å². The minimum Gasteiger partial charge on any atom is -0.373 e. The summed E-state index contributed by atoms with van der Waals surface area (Å²) >= 11 is 0. The molecule has 108 valence electrons. The zero-order valence-corrected chi connectivity index (χ0v) is 11.7. The van der Waals surface area contributed by atoms with E-state index in [9.17, 15) is 0 Å². The van der Waals surface area contributed by atoms with Crippen LogP contribution in [-0.2, 0) is 4.74 Å². The quantitative estimate of drug-likeness (QED) is 0.644. The van der Waals surface area contributed by atoms with E-state index < -0.39 is 0 Å². The molecule has 5 heteroatoms. The molecule has 2 heterocycles. The number of anilines is 1. The van der Waals surface area contributed by atoms with Gasteiger partial charge < -0.3 is 15.8 Å². The standard InChI is InChI=1S/C15H22N4O/c16-15(18-12-5-2-1-3-6-12)17-9-14-10-19-8-4-7-13(19)11-20-14/h1-3,5-6,13-14H,4,7-11H2,(H3,16,17,18). The molecule has 0 amide bonds. The Morgan fingerprint density at radius 3 is 3.10 bits per heavy atom. The summed E-state index contributed by atoms with van der Waals surface area (Å²) in [5, 5.41) is 3.09. The average Bonchev–Trinajstić information content (AvgIpc) is 2.93. The van der Waals surface area contributed by atoms with Gasteiger partial charge in [0.05, 0.1) is 19.3 Å². The van der Waals surface area contributed by atoms with Gasteiger partial charge in [-0.05, 0) is 31.5 Å². The van der Waals surface area contributed by atoms with Gasteiger partial charge in [-0.2, -0.15) is 0 Å². The van der Waals surface area contributed by atoms with Gasteiger partial charge in [0.1, 0.15) is 0 Å². The topological polar surface area (TPSA) is 62.9 Å². The van der Waals surface area contributed by atoms with E-state index in [1.54, 1.807) is 0 Å². The number of hydrogen-bond acceptors (Lipinski definition) is 3. The van der Waals surface area contributed by atoms with Crippen molar-refractivity contribution in [3.63, 3.8) is 0 Å². The minimum absolute atomic E-state index is 0.167. The molecule has 3 rings (SSSR count). The van der Waals surface area contributed by atoms with Crippen LogP contribution in [-0.4, -0.2) is 49.2 Å². The second-order valence-corrected chi connectivity index (χ2v) is 5.46. The Labute approximate surface area is 119 Å². The van der Waals surface area contributed by atoms with Crippen molar-refractivity contribution in [1.82, 2.24) is 4.90 Å². The zero-order chi connectivity index (χ0) is 13.8. The predicted molar refractivity (Wildman–Crippen MR) is 80.9 cm³/mol. The van der Waals surface area contributed by atoms with Crippen molar-refractivity contribution in [2.75, 3.05) is 31.6 Å². The van der Waals surface area contributed by atoms with E-state index in [0.29, 0.717) is 18.5 Å². The number of rotatable bonds is 3. The molecule has 5 nitrogen and oxygen atoms in total. The number of hydrogen-bond donors (Lipinski definition) is 2. The Kier molecular flexibility index (Phi) is 4.18. The summed E-state index contributed by atoms with van der Waals surface area (Å²) in [5.74, 6) is 0.448. The maximum absolute atomic E-state index is 5.90. The Morgan fingerprint density at radius 2 is 2.25 bits per heavy atom.